The average Bonchev–Trinajstić information content (AvgIpc) is 2.65. The van der Waals surface area contributed by atoms with Gasteiger partial charge in [-0.3, -0.25) is 5.32 Å². The minimum absolute atomic E-state index is 0.153. The van der Waals surface area contributed by atoms with Crippen LogP contribution in [-0.4, -0.2) is 40.4 Å². The largest absolute Gasteiger partial charge is 0.482 e. The van der Waals surface area contributed by atoms with E-state index < -0.39 is 17.9 Å². The van der Waals surface area contributed by atoms with Gasteiger partial charge >= 0.3 is 11.9 Å². The van der Waals surface area contributed by atoms with E-state index in [-0.39, 0.29) is 22.9 Å². The lowest BCUT2D eigenvalue weighted by atomic mass is 9.83. The second kappa shape index (κ2) is 7.54. The van der Waals surface area contributed by atoms with Crippen molar-refractivity contribution < 1.29 is 28.5 Å². The second-order valence-electron chi connectivity index (χ2n) is 4.85. The summed E-state index contributed by atoms with van der Waals surface area (Å²) in [6.45, 7) is 0. The van der Waals surface area contributed by atoms with Crippen LogP contribution in [-0.2, 0) is 28.5 Å². The zero-order chi connectivity index (χ0) is 17.7. The standard InChI is InChI=1S/C17H19NO6/c1-21-14-12(16(19)23-3)11(10-8-6-5-7-9-10)13(17(20)24-4)15(18-14)22-2/h5-9,11,18H,1-4H3. The fourth-order valence-corrected chi connectivity index (χ4v) is 2.59. The third-order valence-corrected chi connectivity index (χ3v) is 3.65. The highest BCUT2D eigenvalue weighted by molar-refractivity contribution is 5.99. The number of rotatable bonds is 5. The highest BCUT2D eigenvalue weighted by Gasteiger charge is 2.41. The molecule has 0 atom stereocenters. The molecule has 1 N–H and O–H groups in total. The van der Waals surface area contributed by atoms with E-state index in [0.717, 1.165) is 0 Å². The van der Waals surface area contributed by atoms with E-state index in [9.17, 15) is 9.59 Å². The molecule has 24 heavy (non-hydrogen) atoms. The van der Waals surface area contributed by atoms with Gasteiger partial charge in [-0.25, -0.2) is 9.59 Å². The van der Waals surface area contributed by atoms with Crippen LogP contribution < -0.4 is 5.32 Å². The van der Waals surface area contributed by atoms with Crippen molar-refractivity contribution in [2.75, 3.05) is 28.4 Å². The summed E-state index contributed by atoms with van der Waals surface area (Å²) in [6, 6.07) is 9.03. The van der Waals surface area contributed by atoms with Crippen molar-refractivity contribution in [3.8, 4) is 0 Å². The summed E-state index contributed by atoms with van der Waals surface area (Å²) < 4.78 is 20.3. The summed E-state index contributed by atoms with van der Waals surface area (Å²) in [7, 11) is 5.34. The molecule has 1 aliphatic rings. The summed E-state index contributed by atoms with van der Waals surface area (Å²) in [4.78, 5) is 24.7. The lowest BCUT2D eigenvalue weighted by molar-refractivity contribution is -0.137. The Morgan fingerprint density at radius 2 is 1.29 bits per heavy atom. The molecule has 7 heteroatoms. The van der Waals surface area contributed by atoms with Crippen molar-refractivity contribution in [2.24, 2.45) is 0 Å². The number of nitrogens with one attached hydrogen (secondary N) is 1. The molecule has 0 bridgehead atoms. The predicted molar refractivity (Wildman–Crippen MR) is 84.4 cm³/mol. The van der Waals surface area contributed by atoms with Crippen LogP contribution >= 0.6 is 0 Å². The number of esters is 2. The third-order valence-electron chi connectivity index (χ3n) is 3.65. The molecule has 2 rings (SSSR count). The van der Waals surface area contributed by atoms with E-state index >= 15 is 0 Å². The molecule has 0 unspecified atom stereocenters. The molecular formula is C17H19NO6. The van der Waals surface area contributed by atoms with Gasteiger partial charge in [0.2, 0.25) is 11.8 Å². The van der Waals surface area contributed by atoms with Crippen LogP contribution in [0.1, 0.15) is 11.5 Å². The van der Waals surface area contributed by atoms with Crippen LogP contribution in [0.25, 0.3) is 0 Å². The Hall–Kier alpha value is -2.96. The van der Waals surface area contributed by atoms with Crippen LogP contribution in [0.5, 0.6) is 0 Å². The van der Waals surface area contributed by atoms with Gasteiger partial charge < -0.3 is 18.9 Å². The predicted octanol–water partition coefficient (Wildman–Crippen LogP) is 1.44. The third kappa shape index (κ3) is 3.05. The van der Waals surface area contributed by atoms with E-state index in [4.69, 9.17) is 18.9 Å². The van der Waals surface area contributed by atoms with Gasteiger partial charge in [0.1, 0.15) is 11.1 Å². The molecule has 0 amide bonds. The topological polar surface area (TPSA) is 83.1 Å². The van der Waals surface area contributed by atoms with Gasteiger partial charge in [-0.1, -0.05) is 30.3 Å². The molecule has 1 aromatic carbocycles. The molecule has 0 saturated carbocycles. The van der Waals surface area contributed by atoms with Gasteiger partial charge in [-0.15, -0.1) is 0 Å². The summed E-state index contributed by atoms with van der Waals surface area (Å²) in [5.41, 5.74) is 1.02. The second-order valence-corrected chi connectivity index (χ2v) is 4.85. The maximum atomic E-state index is 12.4. The Kier molecular flexibility index (Phi) is 5.47. The number of ether oxygens (including phenoxy) is 4. The van der Waals surface area contributed by atoms with Gasteiger partial charge in [0.05, 0.1) is 34.4 Å². The smallest absolute Gasteiger partial charge is 0.340 e. The summed E-state index contributed by atoms with van der Waals surface area (Å²) in [5.74, 6) is -1.69. The Balaban J connectivity index is 2.73. The van der Waals surface area contributed by atoms with Crippen LogP contribution in [0.15, 0.2) is 53.2 Å². The lowest BCUT2D eigenvalue weighted by Crippen LogP contribution is -2.34. The first kappa shape index (κ1) is 17.4. The number of carbonyl (C=O) groups excluding carboxylic acids is 2. The number of dihydropyridines is 1. The molecule has 1 heterocycles. The fourth-order valence-electron chi connectivity index (χ4n) is 2.59. The normalized spacial score (nSPS) is 14.8. The molecule has 0 fully saturated rings. The Bertz CT molecular complexity index is 652. The highest BCUT2D eigenvalue weighted by Crippen LogP contribution is 2.39. The summed E-state index contributed by atoms with van der Waals surface area (Å²) >= 11 is 0. The van der Waals surface area contributed by atoms with Gasteiger partial charge in [0.15, 0.2) is 0 Å². The monoisotopic (exact) mass is 333 g/mol. The molecule has 0 aliphatic carbocycles. The molecule has 128 valence electrons. The summed E-state index contributed by atoms with van der Waals surface area (Å²) in [6.07, 6.45) is 0. The van der Waals surface area contributed by atoms with Crippen LogP contribution in [0, 0.1) is 0 Å². The maximum absolute atomic E-state index is 12.4. The molecule has 0 saturated heterocycles. The van der Waals surface area contributed by atoms with Crippen molar-refractivity contribution in [1.29, 1.82) is 0 Å². The van der Waals surface area contributed by atoms with Crippen LogP contribution in [0.2, 0.25) is 0 Å². The Labute approximate surface area is 139 Å². The number of methoxy groups -OCH3 is 4. The Morgan fingerprint density at radius 3 is 1.67 bits per heavy atom. The molecule has 1 aliphatic heterocycles. The van der Waals surface area contributed by atoms with Crippen molar-refractivity contribution in [3.63, 3.8) is 0 Å². The molecule has 0 aromatic heterocycles. The fraction of sp³-hybridized carbons (Fsp3) is 0.294. The quantitative estimate of drug-likeness (QED) is 0.816. The number of hydrogen-bond acceptors (Lipinski definition) is 7. The highest BCUT2D eigenvalue weighted by atomic mass is 16.5. The zero-order valence-corrected chi connectivity index (χ0v) is 13.9. The lowest BCUT2D eigenvalue weighted by Gasteiger charge is -2.30. The van der Waals surface area contributed by atoms with E-state index in [1.54, 1.807) is 24.3 Å². The molecule has 1 aromatic rings. The van der Waals surface area contributed by atoms with Gasteiger partial charge in [0, 0.05) is 0 Å². The van der Waals surface area contributed by atoms with Gasteiger partial charge in [0.25, 0.3) is 0 Å². The average molecular weight is 333 g/mol. The molecule has 0 radical (unpaired) electrons. The van der Waals surface area contributed by atoms with Crippen molar-refractivity contribution >= 4 is 11.9 Å². The first-order valence-corrected chi connectivity index (χ1v) is 7.13. The van der Waals surface area contributed by atoms with E-state index in [0.29, 0.717) is 5.56 Å². The zero-order valence-electron chi connectivity index (χ0n) is 13.9. The molecule has 7 nitrogen and oxygen atoms in total. The maximum Gasteiger partial charge on any atom is 0.340 e. The Morgan fingerprint density at radius 1 is 0.833 bits per heavy atom. The number of carbonyl (C=O) groups is 2. The minimum Gasteiger partial charge on any atom is -0.482 e. The number of benzene rings is 1. The van der Waals surface area contributed by atoms with E-state index in [2.05, 4.69) is 5.32 Å². The van der Waals surface area contributed by atoms with Crippen LogP contribution in [0.4, 0.5) is 0 Å². The minimum atomic E-state index is -0.753. The van der Waals surface area contributed by atoms with Gasteiger partial charge in [-0.2, -0.15) is 0 Å². The van der Waals surface area contributed by atoms with Crippen LogP contribution in [0.3, 0.4) is 0 Å². The number of hydrogen-bond donors (Lipinski definition) is 1. The van der Waals surface area contributed by atoms with Crippen molar-refractivity contribution in [1.82, 2.24) is 5.32 Å². The molecule has 0 spiro atoms. The first-order valence-electron chi connectivity index (χ1n) is 7.13. The van der Waals surface area contributed by atoms with E-state index in [1.165, 1.54) is 28.4 Å². The van der Waals surface area contributed by atoms with E-state index in [1.807, 2.05) is 6.07 Å². The summed E-state index contributed by atoms with van der Waals surface area (Å²) in [5, 5.41) is 2.80. The SMILES string of the molecule is COC(=O)C1=C(OC)NC(OC)=C(C(=O)OC)C1c1ccccc1. The molecular weight excluding hydrogens is 314 g/mol. The van der Waals surface area contributed by atoms with Gasteiger partial charge in [-0.05, 0) is 5.56 Å². The first-order chi connectivity index (χ1) is 11.6. The van der Waals surface area contributed by atoms with Crippen molar-refractivity contribution in [2.45, 2.75) is 5.92 Å². The van der Waals surface area contributed by atoms with Crippen molar-refractivity contribution in [3.05, 3.63) is 58.8 Å².